The Morgan fingerprint density at radius 1 is 1.15 bits per heavy atom. The number of benzene rings is 1. The summed E-state index contributed by atoms with van der Waals surface area (Å²) in [5.41, 5.74) is 1.48. The first-order valence-corrected chi connectivity index (χ1v) is 6.24. The number of Topliss-reactive ketones (excluding diaryl/α,β-unsaturated/α-hetero) is 1. The van der Waals surface area contributed by atoms with Gasteiger partial charge in [-0.2, -0.15) is 5.11 Å². The number of carbonyl (C=O) groups excluding carboxylic acids is 1. The number of hydrogen-bond acceptors (Lipinski definition) is 5. The molecular formula is C13H12N4O2S. The molecule has 0 saturated carbocycles. The normalized spacial score (nSPS) is 10.9. The molecule has 7 heteroatoms. The fourth-order valence-corrected chi connectivity index (χ4v) is 1.83. The minimum absolute atomic E-state index is 0.0172. The van der Waals surface area contributed by atoms with E-state index in [0.29, 0.717) is 16.9 Å². The molecule has 0 atom stereocenters. The monoisotopic (exact) mass is 288 g/mol. The van der Waals surface area contributed by atoms with Crippen LogP contribution in [0, 0.1) is 11.7 Å². The van der Waals surface area contributed by atoms with Crippen molar-refractivity contribution in [3.63, 3.8) is 0 Å². The molecule has 1 aromatic heterocycles. The number of ketones is 1. The molecule has 2 N–H and O–H groups in total. The summed E-state index contributed by atoms with van der Waals surface area (Å²) in [7, 11) is 0. The molecule has 20 heavy (non-hydrogen) atoms. The number of aromatic nitrogens is 2. The summed E-state index contributed by atoms with van der Waals surface area (Å²) in [6, 6.07) is 6.64. The standard InChI is InChI=1S/C13H12N4O2S/c1-7-11(12(19)15-13(20)14-7)17-16-10-5-3-9(4-6-10)8(2)18/h3-6H,1-2H3,(H2,14,15,19,20). The zero-order valence-corrected chi connectivity index (χ0v) is 11.7. The lowest BCUT2D eigenvalue weighted by Crippen LogP contribution is -2.08. The number of nitrogens with one attached hydrogen (secondary N) is 2. The second kappa shape index (κ2) is 5.70. The molecule has 102 valence electrons. The highest BCUT2D eigenvalue weighted by Gasteiger charge is 2.03. The largest absolute Gasteiger partial charge is 0.334 e. The van der Waals surface area contributed by atoms with Crippen molar-refractivity contribution in [2.45, 2.75) is 13.8 Å². The van der Waals surface area contributed by atoms with Crippen molar-refractivity contribution in [1.82, 2.24) is 9.97 Å². The first-order chi connectivity index (χ1) is 9.47. The average molecular weight is 288 g/mol. The van der Waals surface area contributed by atoms with Crippen LogP contribution in [0.3, 0.4) is 0 Å². The Kier molecular flexibility index (Phi) is 3.99. The maximum Gasteiger partial charge on any atom is 0.279 e. The van der Waals surface area contributed by atoms with Crippen LogP contribution in [0.2, 0.25) is 0 Å². The molecule has 0 fully saturated rings. The second-order valence-electron chi connectivity index (χ2n) is 4.18. The SMILES string of the molecule is CC(=O)c1ccc(N=Nc2c(C)[nH]c(=S)[nH]c2=O)cc1. The van der Waals surface area contributed by atoms with E-state index in [0.717, 1.165) is 0 Å². The molecule has 0 radical (unpaired) electrons. The molecule has 0 amide bonds. The molecule has 2 aromatic rings. The van der Waals surface area contributed by atoms with Crippen LogP contribution in [0.15, 0.2) is 39.3 Å². The maximum atomic E-state index is 11.7. The van der Waals surface area contributed by atoms with E-state index in [4.69, 9.17) is 12.2 Å². The highest BCUT2D eigenvalue weighted by atomic mass is 32.1. The number of aromatic amines is 2. The molecular weight excluding hydrogens is 276 g/mol. The average Bonchev–Trinajstić information content (AvgIpc) is 2.38. The molecule has 1 aromatic carbocycles. The summed E-state index contributed by atoms with van der Waals surface area (Å²) in [5, 5.41) is 7.88. The lowest BCUT2D eigenvalue weighted by Gasteiger charge is -1.98. The van der Waals surface area contributed by atoms with Gasteiger partial charge in [0.2, 0.25) is 0 Å². The van der Waals surface area contributed by atoms with E-state index < -0.39 is 5.56 Å². The number of azo groups is 1. The van der Waals surface area contributed by atoms with E-state index in [1.807, 2.05) is 0 Å². The van der Waals surface area contributed by atoms with Gasteiger partial charge in [-0.1, -0.05) is 0 Å². The van der Waals surface area contributed by atoms with Crippen molar-refractivity contribution >= 4 is 29.4 Å². The Hall–Kier alpha value is -2.41. The number of carbonyl (C=O) groups is 1. The van der Waals surface area contributed by atoms with Gasteiger partial charge in [0, 0.05) is 11.3 Å². The van der Waals surface area contributed by atoms with Crippen LogP contribution in [-0.4, -0.2) is 15.8 Å². The van der Waals surface area contributed by atoms with Gasteiger partial charge >= 0.3 is 0 Å². The number of H-pyrrole nitrogens is 2. The third-order valence-electron chi connectivity index (χ3n) is 2.64. The van der Waals surface area contributed by atoms with Crippen molar-refractivity contribution in [3.8, 4) is 0 Å². The van der Waals surface area contributed by atoms with Crippen molar-refractivity contribution in [1.29, 1.82) is 0 Å². The van der Waals surface area contributed by atoms with Crippen LogP contribution >= 0.6 is 12.2 Å². The van der Waals surface area contributed by atoms with Crippen LogP contribution in [0.1, 0.15) is 23.0 Å². The van der Waals surface area contributed by atoms with E-state index in [2.05, 4.69) is 20.2 Å². The number of aryl methyl sites for hydroxylation is 1. The van der Waals surface area contributed by atoms with Gasteiger partial charge in [-0.05, 0) is 50.3 Å². The van der Waals surface area contributed by atoms with E-state index in [9.17, 15) is 9.59 Å². The zero-order chi connectivity index (χ0) is 14.7. The molecule has 6 nitrogen and oxygen atoms in total. The summed E-state index contributed by atoms with van der Waals surface area (Å²) in [4.78, 5) is 28.1. The molecule has 0 aliphatic heterocycles. The fraction of sp³-hybridized carbons (Fsp3) is 0.154. The van der Waals surface area contributed by atoms with E-state index in [1.54, 1.807) is 31.2 Å². The van der Waals surface area contributed by atoms with E-state index >= 15 is 0 Å². The minimum atomic E-state index is -0.393. The second-order valence-corrected chi connectivity index (χ2v) is 4.59. The van der Waals surface area contributed by atoms with Crippen LogP contribution in [0.5, 0.6) is 0 Å². The van der Waals surface area contributed by atoms with Gasteiger partial charge in [0.05, 0.1) is 5.69 Å². The molecule has 0 aliphatic carbocycles. The van der Waals surface area contributed by atoms with Gasteiger partial charge in [-0.25, -0.2) is 0 Å². The maximum absolute atomic E-state index is 11.7. The Balaban J connectivity index is 2.32. The molecule has 0 saturated heterocycles. The predicted octanol–water partition coefficient (Wildman–Crippen LogP) is 3.36. The predicted molar refractivity (Wildman–Crippen MR) is 77.6 cm³/mol. The van der Waals surface area contributed by atoms with Crippen LogP contribution < -0.4 is 5.56 Å². The van der Waals surface area contributed by atoms with Gasteiger partial charge < -0.3 is 4.98 Å². The Labute approximate surface area is 119 Å². The van der Waals surface area contributed by atoms with Gasteiger partial charge in [0.25, 0.3) is 5.56 Å². The van der Waals surface area contributed by atoms with E-state index in [1.165, 1.54) is 6.92 Å². The van der Waals surface area contributed by atoms with E-state index in [-0.39, 0.29) is 16.2 Å². The highest BCUT2D eigenvalue weighted by Crippen LogP contribution is 2.17. The van der Waals surface area contributed by atoms with Gasteiger partial charge in [0.1, 0.15) is 0 Å². The summed E-state index contributed by atoms with van der Waals surface area (Å²) in [6.45, 7) is 3.18. The van der Waals surface area contributed by atoms with Crippen molar-refractivity contribution in [2.75, 3.05) is 0 Å². The van der Waals surface area contributed by atoms with Gasteiger partial charge in [-0.3, -0.25) is 14.6 Å². The summed E-state index contributed by atoms with van der Waals surface area (Å²) >= 11 is 4.85. The Morgan fingerprint density at radius 2 is 1.80 bits per heavy atom. The topological polar surface area (TPSA) is 90.4 Å². The number of rotatable bonds is 3. The lowest BCUT2D eigenvalue weighted by molar-refractivity contribution is 0.101. The number of hydrogen-bond donors (Lipinski definition) is 2. The smallest absolute Gasteiger partial charge is 0.279 e. The van der Waals surface area contributed by atoms with Crippen LogP contribution in [-0.2, 0) is 0 Å². The molecule has 0 unspecified atom stereocenters. The Bertz CT molecular complexity index is 787. The Morgan fingerprint density at radius 3 is 2.35 bits per heavy atom. The quantitative estimate of drug-likeness (QED) is 0.515. The molecule has 1 heterocycles. The van der Waals surface area contributed by atoms with Crippen molar-refractivity contribution in [2.24, 2.45) is 10.2 Å². The fourth-order valence-electron chi connectivity index (χ4n) is 1.58. The third-order valence-corrected chi connectivity index (χ3v) is 2.84. The molecule has 2 rings (SSSR count). The molecule has 0 spiro atoms. The number of nitrogens with zero attached hydrogens (tertiary/aromatic N) is 2. The summed E-state index contributed by atoms with van der Waals surface area (Å²) in [6.07, 6.45) is 0. The summed E-state index contributed by atoms with van der Waals surface area (Å²) in [5.74, 6) is -0.0172. The first-order valence-electron chi connectivity index (χ1n) is 5.83. The third kappa shape index (κ3) is 3.12. The van der Waals surface area contributed by atoms with Crippen LogP contribution in [0.25, 0.3) is 0 Å². The summed E-state index contributed by atoms with van der Waals surface area (Å²) < 4.78 is 0.247. The van der Waals surface area contributed by atoms with Crippen LogP contribution in [0.4, 0.5) is 11.4 Å². The van der Waals surface area contributed by atoms with Gasteiger partial charge in [-0.15, -0.1) is 5.11 Å². The molecule has 0 bridgehead atoms. The zero-order valence-electron chi connectivity index (χ0n) is 10.9. The first kappa shape index (κ1) is 14.0. The highest BCUT2D eigenvalue weighted by molar-refractivity contribution is 7.71. The van der Waals surface area contributed by atoms with Gasteiger partial charge in [0.15, 0.2) is 16.2 Å². The van der Waals surface area contributed by atoms with Crippen molar-refractivity contribution in [3.05, 3.63) is 50.6 Å². The minimum Gasteiger partial charge on any atom is -0.334 e. The van der Waals surface area contributed by atoms with Crippen molar-refractivity contribution < 1.29 is 4.79 Å². The lowest BCUT2D eigenvalue weighted by atomic mass is 10.1. The molecule has 0 aliphatic rings.